The number of rotatable bonds is 9. The molecular formula is C32H34N4O3. The van der Waals surface area contributed by atoms with Crippen LogP contribution in [0.4, 0.5) is 0 Å². The highest BCUT2D eigenvalue weighted by atomic mass is 16.2. The number of carbonyl (C=O) groups is 3. The first kappa shape index (κ1) is 26.4. The van der Waals surface area contributed by atoms with Crippen LogP contribution in [0.1, 0.15) is 24.0 Å². The van der Waals surface area contributed by atoms with Crippen molar-refractivity contribution in [3.8, 4) is 0 Å². The molecule has 5 N–H and O–H groups in total. The van der Waals surface area contributed by atoms with Gasteiger partial charge in [0, 0.05) is 18.8 Å². The summed E-state index contributed by atoms with van der Waals surface area (Å²) in [5.74, 6) is -1.33. The third kappa shape index (κ3) is 6.62. The Balaban J connectivity index is 1.35. The number of nitrogens with two attached hydrogens (primary N) is 1. The third-order valence-corrected chi connectivity index (χ3v) is 7.51. The summed E-state index contributed by atoms with van der Waals surface area (Å²) in [6.45, 7) is 1.55. The highest BCUT2D eigenvalue weighted by Gasteiger charge is 2.29. The van der Waals surface area contributed by atoms with Crippen LogP contribution < -0.4 is 21.7 Å². The van der Waals surface area contributed by atoms with Gasteiger partial charge < -0.3 is 21.7 Å². The van der Waals surface area contributed by atoms with E-state index in [-0.39, 0.29) is 18.2 Å². The smallest absolute Gasteiger partial charge is 0.243 e. The summed E-state index contributed by atoms with van der Waals surface area (Å²) in [5.41, 5.74) is 7.54. The lowest BCUT2D eigenvalue weighted by Gasteiger charge is -2.26. The minimum atomic E-state index is -0.909. The Bertz CT molecular complexity index is 1500. The molecule has 4 aromatic carbocycles. The minimum absolute atomic E-state index is 0.136. The largest absolute Gasteiger partial charge is 0.368 e. The highest BCUT2D eigenvalue weighted by Crippen LogP contribution is 2.19. The van der Waals surface area contributed by atoms with Gasteiger partial charge in [-0.3, -0.25) is 14.4 Å². The predicted molar refractivity (Wildman–Crippen MR) is 154 cm³/mol. The molecule has 200 valence electrons. The zero-order valence-electron chi connectivity index (χ0n) is 21.9. The normalized spacial score (nSPS) is 15.5. The van der Waals surface area contributed by atoms with Gasteiger partial charge in [-0.25, -0.2) is 0 Å². The van der Waals surface area contributed by atoms with Crippen molar-refractivity contribution < 1.29 is 14.4 Å². The van der Waals surface area contributed by atoms with Crippen LogP contribution in [0.15, 0.2) is 84.9 Å². The van der Waals surface area contributed by atoms with Crippen molar-refractivity contribution in [2.45, 2.75) is 37.8 Å². The maximum atomic E-state index is 13.6. The molecule has 1 aliphatic rings. The van der Waals surface area contributed by atoms with E-state index >= 15 is 0 Å². The molecule has 2 atom stereocenters. The molecule has 3 amide bonds. The second-order valence-corrected chi connectivity index (χ2v) is 10.3. The summed E-state index contributed by atoms with van der Waals surface area (Å²) in [7, 11) is 0. The zero-order chi connectivity index (χ0) is 27.2. The monoisotopic (exact) mass is 522 g/mol. The van der Waals surface area contributed by atoms with Gasteiger partial charge in [0.05, 0.1) is 0 Å². The van der Waals surface area contributed by atoms with Crippen LogP contribution in [0.25, 0.3) is 21.5 Å². The number of nitrogens with one attached hydrogen (secondary N) is 3. The first-order valence-electron chi connectivity index (χ1n) is 13.5. The molecule has 1 heterocycles. The number of carbonyl (C=O) groups excluding carboxylic acids is 3. The summed E-state index contributed by atoms with van der Waals surface area (Å²) >= 11 is 0. The van der Waals surface area contributed by atoms with Crippen LogP contribution in [0, 0.1) is 5.92 Å². The Labute approximate surface area is 228 Å². The van der Waals surface area contributed by atoms with Crippen LogP contribution in [0.3, 0.4) is 0 Å². The Morgan fingerprint density at radius 3 is 1.77 bits per heavy atom. The van der Waals surface area contributed by atoms with Crippen LogP contribution in [0.2, 0.25) is 0 Å². The van der Waals surface area contributed by atoms with Crippen molar-refractivity contribution in [2.24, 2.45) is 11.7 Å². The van der Waals surface area contributed by atoms with E-state index in [0.717, 1.165) is 58.6 Å². The van der Waals surface area contributed by atoms with Crippen molar-refractivity contribution in [1.82, 2.24) is 16.0 Å². The summed E-state index contributed by atoms with van der Waals surface area (Å²) in [4.78, 5) is 39.2. The SMILES string of the molecule is NC(=O)[C@@H](Cc1ccc2ccccc2c1)NC(=O)[C@@H](Cc1ccc2ccccc2c1)NC(=O)C1CCNCC1. The number of benzene rings is 4. The van der Waals surface area contributed by atoms with E-state index in [0.29, 0.717) is 6.42 Å². The second kappa shape index (κ2) is 12.1. The number of hydrogen-bond donors (Lipinski definition) is 4. The predicted octanol–water partition coefficient (Wildman–Crippen LogP) is 3.23. The standard InChI is InChI=1S/C32H34N4O3/c33-30(37)28(19-21-9-11-23-5-1-3-7-26(23)17-21)35-32(39)29(36-31(38)25-13-15-34-16-14-25)20-22-10-12-24-6-2-4-8-27(24)18-22/h1-12,17-18,25,28-29,34H,13-16,19-20H2,(H2,33,37)(H,35,39)(H,36,38)/t28-,29-/m1/s1. The quantitative estimate of drug-likeness (QED) is 0.270. The first-order chi connectivity index (χ1) is 19.0. The molecule has 0 aromatic heterocycles. The molecule has 0 aliphatic carbocycles. The first-order valence-corrected chi connectivity index (χ1v) is 13.5. The molecule has 5 rings (SSSR count). The van der Waals surface area contributed by atoms with Crippen LogP contribution in [0.5, 0.6) is 0 Å². The van der Waals surface area contributed by atoms with E-state index in [2.05, 4.69) is 16.0 Å². The summed E-state index contributed by atoms with van der Waals surface area (Å²) < 4.78 is 0. The number of primary amides is 1. The molecule has 0 saturated carbocycles. The van der Waals surface area contributed by atoms with E-state index in [1.54, 1.807) is 0 Å². The van der Waals surface area contributed by atoms with Gasteiger partial charge in [0.15, 0.2) is 0 Å². The van der Waals surface area contributed by atoms with E-state index in [1.807, 2.05) is 84.9 Å². The molecule has 1 saturated heterocycles. The van der Waals surface area contributed by atoms with Crippen molar-refractivity contribution in [3.05, 3.63) is 96.1 Å². The molecule has 0 spiro atoms. The lowest BCUT2D eigenvalue weighted by Crippen LogP contribution is -2.55. The summed E-state index contributed by atoms with van der Waals surface area (Å²) in [5, 5.41) is 13.4. The van der Waals surface area contributed by atoms with E-state index in [4.69, 9.17) is 5.73 Å². The maximum Gasteiger partial charge on any atom is 0.243 e. The van der Waals surface area contributed by atoms with Gasteiger partial charge in [0.25, 0.3) is 0 Å². The molecule has 0 unspecified atom stereocenters. The molecule has 0 bridgehead atoms. The minimum Gasteiger partial charge on any atom is -0.368 e. The van der Waals surface area contributed by atoms with Gasteiger partial charge in [-0.05, 0) is 58.6 Å². The number of amides is 3. The second-order valence-electron chi connectivity index (χ2n) is 10.3. The van der Waals surface area contributed by atoms with Crippen LogP contribution in [-0.2, 0) is 27.2 Å². The van der Waals surface area contributed by atoms with Gasteiger partial charge in [-0.2, -0.15) is 0 Å². The fraction of sp³-hybridized carbons (Fsp3) is 0.281. The van der Waals surface area contributed by atoms with Crippen molar-refractivity contribution in [1.29, 1.82) is 0 Å². The summed E-state index contributed by atoms with van der Waals surface area (Å²) in [6.07, 6.45) is 2.01. The average molecular weight is 523 g/mol. The molecule has 0 radical (unpaired) electrons. The molecule has 1 aliphatic heterocycles. The van der Waals surface area contributed by atoms with Gasteiger partial charge in [-0.15, -0.1) is 0 Å². The summed E-state index contributed by atoms with van der Waals surface area (Å²) in [6, 6.07) is 26.2. The Morgan fingerprint density at radius 2 is 1.23 bits per heavy atom. The van der Waals surface area contributed by atoms with Crippen molar-refractivity contribution in [3.63, 3.8) is 0 Å². The van der Waals surface area contributed by atoms with Gasteiger partial charge in [0.2, 0.25) is 17.7 Å². The molecule has 39 heavy (non-hydrogen) atoms. The number of piperidine rings is 1. The number of hydrogen-bond acceptors (Lipinski definition) is 4. The zero-order valence-corrected chi connectivity index (χ0v) is 21.9. The van der Waals surface area contributed by atoms with Gasteiger partial charge >= 0.3 is 0 Å². The average Bonchev–Trinajstić information content (AvgIpc) is 2.96. The van der Waals surface area contributed by atoms with Crippen molar-refractivity contribution >= 4 is 39.3 Å². The Hall–Kier alpha value is -4.23. The molecule has 7 heteroatoms. The van der Waals surface area contributed by atoms with E-state index < -0.39 is 23.9 Å². The van der Waals surface area contributed by atoms with Gasteiger partial charge in [0.1, 0.15) is 12.1 Å². The lowest BCUT2D eigenvalue weighted by atomic mass is 9.95. The highest BCUT2D eigenvalue weighted by molar-refractivity contribution is 5.93. The molecule has 1 fully saturated rings. The Kier molecular flexibility index (Phi) is 8.18. The van der Waals surface area contributed by atoms with Crippen LogP contribution in [-0.4, -0.2) is 42.9 Å². The number of fused-ring (bicyclic) bond motifs is 2. The van der Waals surface area contributed by atoms with Crippen molar-refractivity contribution in [2.75, 3.05) is 13.1 Å². The fourth-order valence-electron chi connectivity index (χ4n) is 5.28. The van der Waals surface area contributed by atoms with E-state index in [9.17, 15) is 14.4 Å². The van der Waals surface area contributed by atoms with E-state index in [1.165, 1.54) is 0 Å². The molecule has 4 aromatic rings. The van der Waals surface area contributed by atoms with Crippen LogP contribution >= 0.6 is 0 Å². The van der Waals surface area contributed by atoms with Gasteiger partial charge in [-0.1, -0.05) is 84.9 Å². The maximum absolute atomic E-state index is 13.6. The topological polar surface area (TPSA) is 113 Å². The Morgan fingerprint density at radius 1 is 0.718 bits per heavy atom. The lowest BCUT2D eigenvalue weighted by molar-refractivity contribution is -0.133. The molecular weight excluding hydrogens is 488 g/mol. The molecule has 7 nitrogen and oxygen atoms in total. The fourth-order valence-corrected chi connectivity index (χ4v) is 5.28. The third-order valence-electron chi connectivity index (χ3n) is 7.51.